The summed E-state index contributed by atoms with van der Waals surface area (Å²) in [5, 5.41) is 2.41. The van der Waals surface area contributed by atoms with Gasteiger partial charge in [-0.1, -0.05) is 36.4 Å². The lowest BCUT2D eigenvalue weighted by atomic mass is 10.2. The molecule has 18 heavy (non-hydrogen) atoms. The molecule has 84 valence electrons. The van der Waals surface area contributed by atoms with Crippen molar-refractivity contribution in [2.45, 2.75) is 0 Å². The summed E-state index contributed by atoms with van der Waals surface area (Å²) in [5.41, 5.74) is 3.98. The van der Waals surface area contributed by atoms with Gasteiger partial charge in [0.1, 0.15) is 0 Å². The molecule has 0 unspecified atom stereocenters. The minimum Gasteiger partial charge on any atom is -0.254 e. The Balaban J connectivity index is 2.23. The van der Waals surface area contributed by atoms with Crippen LogP contribution >= 0.6 is 0 Å². The number of hydrogen-bond donors (Lipinski definition) is 0. The Labute approximate surface area is 104 Å². The van der Waals surface area contributed by atoms with Gasteiger partial charge in [0.25, 0.3) is 0 Å². The maximum Gasteiger partial charge on any atom is 0.0893 e. The molecule has 0 spiro atoms. The Hall–Kier alpha value is -2.48. The van der Waals surface area contributed by atoms with E-state index in [0.717, 1.165) is 22.3 Å². The zero-order valence-corrected chi connectivity index (χ0v) is 9.67. The first-order valence-electron chi connectivity index (χ1n) is 5.95. The van der Waals surface area contributed by atoms with E-state index in [1.54, 1.807) is 0 Å². The number of rotatable bonds is 0. The molecule has 2 nitrogen and oxygen atoms in total. The van der Waals surface area contributed by atoms with Crippen molar-refractivity contribution in [2.75, 3.05) is 0 Å². The fourth-order valence-electron chi connectivity index (χ4n) is 2.38. The third-order valence-corrected chi connectivity index (χ3v) is 3.26. The molecule has 1 heterocycles. The highest BCUT2D eigenvalue weighted by Crippen LogP contribution is 2.31. The molecule has 1 aliphatic heterocycles. The van der Waals surface area contributed by atoms with Crippen LogP contribution in [0.3, 0.4) is 0 Å². The normalized spacial score (nSPS) is 11.3. The van der Waals surface area contributed by atoms with Crippen molar-refractivity contribution in [1.29, 1.82) is 0 Å². The van der Waals surface area contributed by atoms with Crippen LogP contribution in [0.5, 0.6) is 0 Å². The van der Waals surface area contributed by atoms with Crippen LogP contribution in [0.2, 0.25) is 0 Å². The van der Waals surface area contributed by atoms with Gasteiger partial charge in [0, 0.05) is 17.1 Å². The molecule has 4 rings (SSSR count). The molecule has 0 bridgehead atoms. The Kier molecular flexibility index (Phi) is 1.86. The highest BCUT2D eigenvalue weighted by atomic mass is 14.8. The molecule has 0 radical (unpaired) electrons. The van der Waals surface area contributed by atoms with Crippen molar-refractivity contribution in [3.63, 3.8) is 0 Å². The van der Waals surface area contributed by atoms with Gasteiger partial charge in [-0.25, -0.2) is 4.98 Å². The van der Waals surface area contributed by atoms with E-state index in [9.17, 15) is 0 Å². The summed E-state index contributed by atoms with van der Waals surface area (Å²) in [4.78, 5) is 9.27. The average molecular weight is 230 g/mol. The summed E-state index contributed by atoms with van der Waals surface area (Å²) >= 11 is 0. The second-order valence-corrected chi connectivity index (χ2v) is 4.39. The highest BCUT2D eigenvalue weighted by molar-refractivity contribution is 6.01. The van der Waals surface area contributed by atoms with Crippen LogP contribution in [0.4, 0.5) is 0 Å². The predicted octanol–water partition coefficient (Wildman–Crippen LogP) is 3.89. The second kappa shape index (κ2) is 3.50. The van der Waals surface area contributed by atoms with E-state index in [4.69, 9.17) is 4.98 Å². The van der Waals surface area contributed by atoms with Crippen LogP contribution in [0.1, 0.15) is 0 Å². The summed E-state index contributed by atoms with van der Waals surface area (Å²) in [7, 11) is 0. The Bertz CT molecular complexity index is 830. The lowest BCUT2D eigenvalue weighted by molar-refractivity contribution is 1.44. The standard InChI is InChI=1S/C16H10N2/c1-2-6-13-11(5-1)9-12-10-17-14-7-3-4-8-15(14)18-16(12)13/h1-10H. The van der Waals surface area contributed by atoms with Gasteiger partial charge in [0.2, 0.25) is 0 Å². The fraction of sp³-hybridized carbons (Fsp3) is 0. The molecule has 0 N–H and O–H groups in total. The van der Waals surface area contributed by atoms with Crippen LogP contribution in [-0.2, 0) is 0 Å². The largest absolute Gasteiger partial charge is 0.254 e. The summed E-state index contributed by atoms with van der Waals surface area (Å²) in [6.45, 7) is 0. The predicted molar refractivity (Wildman–Crippen MR) is 73.7 cm³/mol. The molecule has 0 amide bonds. The molecule has 0 saturated carbocycles. The highest BCUT2D eigenvalue weighted by Gasteiger charge is 2.10. The van der Waals surface area contributed by atoms with E-state index in [0.29, 0.717) is 0 Å². The van der Waals surface area contributed by atoms with E-state index in [-0.39, 0.29) is 0 Å². The van der Waals surface area contributed by atoms with Crippen LogP contribution in [-0.4, -0.2) is 9.97 Å². The monoisotopic (exact) mass is 230 g/mol. The van der Waals surface area contributed by atoms with Crippen LogP contribution in [0.25, 0.3) is 33.1 Å². The zero-order chi connectivity index (χ0) is 11.9. The number of nitrogens with zero attached hydrogens (tertiary/aromatic N) is 2. The first-order valence-corrected chi connectivity index (χ1v) is 5.95. The average Bonchev–Trinajstić information content (AvgIpc) is 2.65. The van der Waals surface area contributed by atoms with Gasteiger partial charge >= 0.3 is 0 Å². The summed E-state index contributed by atoms with van der Waals surface area (Å²) in [6.07, 6.45) is 1.91. The van der Waals surface area contributed by atoms with Crippen LogP contribution in [0, 0.1) is 0 Å². The number of aromatic nitrogens is 2. The molecule has 0 fully saturated rings. The Morgan fingerprint density at radius 2 is 1.56 bits per heavy atom. The topological polar surface area (TPSA) is 25.8 Å². The Morgan fingerprint density at radius 3 is 2.50 bits per heavy atom. The van der Waals surface area contributed by atoms with Crippen LogP contribution < -0.4 is 0 Å². The number of hydrogen-bond acceptors (Lipinski definition) is 2. The van der Waals surface area contributed by atoms with Crippen molar-refractivity contribution in [3.05, 3.63) is 60.8 Å². The van der Waals surface area contributed by atoms with Gasteiger partial charge in [-0.05, 0) is 23.6 Å². The molecular weight excluding hydrogens is 220 g/mol. The minimum absolute atomic E-state index is 0.929. The van der Waals surface area contributed by atoms with Crippen molar-refractivity contribution in [1.82, 2.24) is 9.97 Å². The third-order valence-electron chi connectivity index (χ3n) is 3.26. The van der Waals surface area contributed by atoms with Gasteiger partial charge in [-0.2, -0.15) is 0 Å². The lowest BCUT2D eigenvalue weighted by Crippen LogP contribution is -1.76. The molecule has 2 heteroatoms. The molecule has 2 aromatic rings. The van der Waals surface area contributed by atoms with Crippen molar-refractivity contribution < 1.29 is 0 Å². The van der Waals surface area contributed by atoms with Gasteiger partial charge in [0.15, 0.2) is 0 Å². The number of para-hydroxylation sites is 2. The molecule has 2 aliphatic rings. The van der Waals surface area contributed by atoms with Gasteiger partial charge in [0.05, 0.1) is 16.7 Å². The molecule has 0 aromatic heterocycles. The minimum atomic E-state index is 0.929. The van der Waals surface area contributed by atoms with E-state index in [1.807, 2.05) is 42.6 Å². The zero-order valence-electron chi connectivity index (χ0n) is 9.67. The molecular formula is C16H10N2. The van der Waals surface area contributed by atoms with Gasteiger partial charge in [-0.15, -0.1) is 0 Å². The van der Waals surface area contributed by atoms with E-state index >= 15 is 0 Å². The smallest absolute Gasteiger partial charge is 0.0893 e. The Morgan fingerprint density at radius 1 is 0.778 bits per heavy atom. The fourth-order valence-corrected chi connectivity index (χ4v) is 2.38. The van der Waals surface area contributed by atoms with Crippen molar-refractivity contribution in [3.8, 4) is 11.3 Å². The summed E-state index contributed by atoms with van der Waals surface area (Å²) < 4.78 is 0. The van der Waals surface area contributed by atoms with Crippen molar-refractivity contribution >= 4 is 21.8 Å². The maximum absolute atomic E-state index is 4.77. The first-order chi connectivity index (χ1) is 8.92. The van der Waals surface area contributed by atoms with Crippen molar-refractivity contribution in [2.24, 2.45) is 0 Å². The quantitative estimate of drug-likeness (QED) is 0.458. The van der Waals surface area contributed by atoms with E-state index in [1.165, 1.54) is 10.8 Å². The van der Waals surface area contributed by atoms with E-state index in [2.05, 4.69) is 23.2 Å². The second-order valence-electron chi connectivity index (χ2n) is 4.39. The molecule has 0 saturated heterocycles. The maximum atomic E-state index is 4.77. The van der Waals surface area contributed by atoms with Crippen LogP contribution in [0.15, 0.2) is 60.8 Å². The van der Waals surface area contributed by atoms with Gasteiger partial charge < -0.3 is 0 Å². The first kappa shape index (κ1) is 9.54. The SMILES string of the molecule is c1ccc2c3nc4ccccc4ncc-3cc2c1. The lowest BCUT2D eigenvalue weighted by Gasteiger charge is -1.92. The third kappa shape index (κ3) is 1.29. The summed E-state index contributed by atoms with van der Waals surface area (Å²) in [6, 6.07) is 18.4. The molecule has 0 atom stereocenters. The summed E-state index contributed by atoms with van der Waals surface area (Å²) in [5.74, 6) is 0. The number of benzene rings is 2. The molecule has 2 aromatic carbocycles. The van der Waals surface area contributed by atoms with E-state index < -0.39 is 0 Å². The number of fused-ring (bicyclic) bond motifs is 4. The molecule has 1 aliphatic carbocycles. The van der Waals surface area contributed by atoms with Gasteiger partial charge in [-0.3, -0.25) is 4.98 Å².